The van der Waals surface area contributed by atoms with E-state index in [1.807, 2.05) is 18.2 Å². The smallest absolute Gasteiger partial charge is 0.280 e. The monoisotopic (exact) mass is 314 g/mol. The summed E-state index contributed by atoms with van der Waals surface area (Å²) in [4.78, 5) is 11.9. The summed E-state index contributed by atoms with van der Waals surface area (Å²) in [6.07, 6.45) is 0.777. The van der Waals surface area contributed by atoms with Gasteiger partial charge in [0.1, 0.15) is 5.75 Å². The van der Waals surface area contributed by atoms with Crippen LogP contribution in [0.25, 0.3) is 0 Å². The molecule has 2 aromatic rings. The number of hydrogen-bond donors (Lipinski definition) is 2. The summed E-state index contributed by atoms with van der Waals surface area (Å²) in [7, 11) is 1.46. The maximum absolute atomic E-state index is 11.9. The topological polar surface area (TPSA) is 80.2 Å². The highest BCUT2D eigenvalue weighted by molar-refractivity contribution is 5.84. The van der Waals surface area contributed by atoms with Gasteiger partial charge in [-0.1, -0.05) is 18.2 Å². The predicted octanol–water partition coefficient (Wildman–Crippen LogP) is 2.32. The molecule has 0 heterocycles. The number of rotatable bonds is 6. The van der Waals surface area contributed by atoms with Gasteiger partial charge in [-0.05, 0) is 42.8 Å². The number of nitrogens with zero attached hydrogens (tertiary/aromatic N) is 1. The Labute approximate surface area is 134 Å². The average molecular weight is 314 g/mol. The molecular formula is C17H18N2O4. The molecule has 6 heteroatoms. The highest BCUT2D eigenvalue weighted by Gasteiger charge is 2.13. The van der Waals surface area contributed by atoms with Crippen molar-refractivity contribution in [3.63, 3.8) is 0 Å². The zero-order valence-electron chi connectivity index (χ0n) is 12.9. The first-order valence-corrected chi connectivity index (χ1v) is 7.02. The number of hydrazone groups is 1. The molecule has 0 aliphatic rings. The number of methoxy groups -OCH3 is 1. The number of carbonyl (C=O) groups is 1. The Bertz CT molecular complexity index is 686. The van der Waals surface area contributed by atoms with E-state index in [-0.39, 0.29) is 11.7 Å². The van der Waals surface area contributed by atoms with Crippen LogP contribution in [0.4, 0.5) is 0 Å². The zero-order valence-corrected chi connectivity index (χ0v) is 12.9. The van der Waals surface area contributed by atoms with Crippen molar-refractivity contribution in [3.05, 3.63) is 54.1 Å². The van der Waals surface area contributed by atoms with Crippen molar-refractivity contribution in [1.82, 2.24) is 5.43 Å². The van der Waals surface area contributed by atoms with Gasteiger partial charge in [-0.3, -0.25) is 4.79 Å². The second kappa shape index (κ2) is 7.84. The summed E-state index contributed by atoms with van der Waals surface area (Å²) in [5.41, 5.74) is 3.08. The maximum Gasteiger partial charge on any atom is 0.280 e. The number of para-hydroxylation sites is 1. The Morgan fingerprint density at radius 2 is 2.00 bits per heavy atom. The molecule has 0 fully saturated rings. The van der Waals surface area contributed by atoms with Crippen molar-refractivity contribution >= 4 is 12.1 Å². The number of amides is 1. The van der Waals surface area contributed by atoms with E-state index in [4.69, 9.17) is 9.47 Å². The molecule has 0 aliphatic heterocycles. The van der Waals surface area contributed by atoms with E-state index in [1.165, 1.54) is 19.4 Å². The van der Waals surface area contributed by atoms with Gasteiger partial charge in [0.05, 0.1) is 13.3 Å². The minimum Gasteiger partial charge on any atom is -0.504 e. The summed E-state index contributed by atoms with van der Waals surface area (Å²) >= 11 is 0. The van der Waals surface area contributed by atoms with Crippen molar-refractivity contribution in [2.75, 3.05) is 7.11 Å². The highest BCUT2D eigenvalue weighted by atomic mass is 16.5. The first kappa shape index (κ1) is 16.4. The van der Waals surface area contributed by atoms with Crippen LogP contribution in [0.3, 0.4) is 0 Å². The fourth-order valence-corrected chi connectivity index (χ4v) is 1.79. The van der Waals surface area contributed by atoms with E-state index in [9.17, 15) is 9.90 Å². The fourth-order valence-electron chi connectivity index (χ4n) is 1.79. The molecule has 0 spiro atoms. The van der Waals surface area contributed by atoms with Crippen LogP contribution >= 0.6 is 0 Å². The van der Waals surface area contributed by atoms with Crippen molar-refractivity contribution in [2.24, 2.45) is 5.10 Å². The Kier molecular flexibility index (Phi) is 5.57. The van der Waals surface area contributed by atoms with E-state index in [2.05, 4.69) is 10.5 Å². The van der Waals surface area contributed by atoms with E-state index in [0.717, 1.165) is 0 Å². The van der Waals surface area contributed by atoms with Gasteiger partial charge in [0.2, 0.25) is 0 Å². The molecule has 0 aliphatic carbocycles. The van der Waals surface area contributed by atoms with Gasteiger partial charge in [0.25, 0.3) is 5.91 Å². The van der Waals surface area contributed by atoms with Crippen LogP contribution in [0.1, 0.15) is 12.5 Å². The Morgan fingerprint density at radius 3 is 2.70 bits per heavy atom. The Balaban J connectivity index is 1.90. The molecule has 120 valence electrons. The molecule has 0 aromatic heterocycles. The quantitative estimate of drug-likeness (QED) is 0.633. The third kappa shape index (κ3) is 4.74. The van der Waals surface area contributed by atoms with Crippen molar-refractivity contribution in [3.8, 4) is 17.2 Å². The van der Waals surface area contributed by atoms with Crippen molar-refractivity contribution in [2.45, 2.75) is 13.0 Å². The number of benzene rings is 2. The normalized spacial score (nSPS) is 11.9. The summed E-state index contributed by atoms with van der Waals surface area (Å²) < 4.78 is 10.5. The molecule has 0 bridgehead atoms. The molecule has 0 radical (unpaired) electrons. The molecule has 2 rings (SSSR count). The summed E-state index contributed by atoms with van der Waals surface area (Å²) in [6, 6.07) is 13.8. The Morgan fingerprint density at radius 1 is 1.26 bits per heavy atom. The molecule has 6 nitrogen and oxygen atoms in total. The summed E-state index contributed by atoms with van der Waals surface area (Å²) in [6.45, 7) is 1.64. The molecule has 1 amide bonds. The van der Waals surface area contributed by atoms with Crippen LogP contribution in [0.15, 0.2) is 53.6 Å². The summed E-state index contributed by atoms with van der Waals surface area (Å²) in [5, 5.41) is 13.4. The van der Waals surface area contributed by atoms with Crippen LogP contribution in [0, 0.1) is 0 Å². The standard InChI is InChI=1S/C17H18N2O4/c1-12(23-14-6-4-3-5-7-14)17(21)19-18-11-13-8-9-15(20)16(10-13)22-2/h3-12,20H,1-2H3,(H,19,21)/b18-11-/t12-/m0/s1. The van der Waals surface area contributed by atoms with Gasteiger partial charge in [0.15, 0.2) is 17.6 Å². The predicted molar refractivity (Wildman–Crippen MR) is 86.9 cm³/mol. The molecule has 2 aromatic carbocycles. The molecule has 2 N–H and O–H groups in total. The number of phenolic OH excluding ortho intramolecular Hbond substituents is 1. The van der Waals surface area contributed by atoms with Crippen LogP contribution in [-0.4, -0.2) is 30.4 Å². The van der Waals surface area contributed by atoms with Gasteiger partial charge < -0.3 is 14.6 Å². The van der Waals surface area contributed by atoms with Crippen molar-refractivity contribution < 1.29 is 19.4 Å². The second-order valence-corrected chi connectivity index (χ2v) is 4.74. The van der Waals surface area contributed by atoms with E-state index in [0.29, 0.717) is 17.1 Å². The molecule has 0 unspecified atom stereocenters. The van der Waals surface area contributed by atoms with Gasteiger partial charge in [-0.2, -0.15) is 5.10 Å². The lowest BCUT2D eigenvalue weighted by atomic mass is 10.2. The zero-order chi connectivity index (χ0) is 16.7. The van der Waals surface area contributed by atoms with Gasteiger partial charge in [-0.15, -0.1) is 0 Å². The minimum absolute atomic E-state index is 0.0403. The molecular weight excluding hydrogens is 296 g/mol. The lowest BCUT2D eigenvalue weighted by Gasteiger charge is -2.12. The van der Waals surface area contributed by atoms with Gasteiger partial charge in [0, 0.05) is 0 Å². The lowest BCUT2D eigenvalue weighted by molar-refractivity contribution is -0.127. The maximum atomic E-state index is 11.9. The second-order valence-electron chi connectivity index (χ2n) is 4.74. The van der Waals surface area contributed by atoms with Crippen LogP contribution in [0.5, 0.6) is 17.2 Å². The molecule has 0 saturated carbocycles. The van der Waals surface area contributed by atoms with Gasteiger partial charge >= 0.3 is 0 Å². The van der Waals surface area contributed by atoms with Crippen LogP contribution < -0.4 is 14.9 Å². The first-order valence-electron chi connectivity index (χ1n) is 7.02. The van der Waals surface area contributed by atoms with E-state index < -0.39 is 6.10 Å². The number of hydrogen-bond acceptors (Lipinski definition) is 5. The number of nitrogens with one attached hydrogen (secondary N) is 1. The first-order chi connectivity index (χ1) is 11.1. The fraction of sp³-hybridized carbons (Fsp3) is 0.176. The minimum atomic E-state index is -0.677. The van der Waals surface area contributed by atoms with Gasteiger partial charge in [-0.25, -0.2) is 5.43 Å². The molecule has 23 heavy (non-hydrogen) atoms. The number of aromatic hydroxyl groups is 1. The molecule has 0 saturated heterocycles. The third-order valence-electron chi connectivity index (χ3n) is 3.02. The largest absolute Gasteiger partial charge is 0.504 e. The van der Waals surface area contributed by atoms with Crippen LogP contribution in [0.2, 0.25) is 0 Å². The van der Waals surface area contributed by atoms with Crippen molar-refractivity contribution in [1.29, 1.82) is 0 Å². The average Bonchev–Trinajstić information content (AvgIpc) is 2.57. The molecule has 1 atom stereocenters. The van der Waals surface area contributed by atoms with E-state index >= 15 is 0 Å². The summed E-state index contributed by atoms with van der Waals surface area (Å²) in [5.74, 6) is 0.623. The Hall–Kier alpha value is -3.02. The van der Waals surface area contributed by atoms with Crippen LogP contribution in [-0.2, 0) is 4.79 Å². The number of carbonyl (C=O) groups excluding carboxylic acids is 1. The number of ether oxygens (including phenoxy) is 2. The lowest BCUT2D eigenvalue weighted by Crippen LogP contribution is -2.33. The van der Waals surface area contributed by atoms with E-state index in [1.54, 1.807) is 31.2 Å². The highest BCUT2D eigenvalue weighted by Crippen LogP contribution is 2.25. The number of phenols is 1. The third-order valence-corrected chi connectivity index (χ3v) is 3.02. The SMILES string of the molecule is COc1cc(/C=N\NC(=O)[C@H](C)Oc2ccccc2)ccc1O.